The van der Waals surface area contributed by atoms with Crippen LogP contribution in [0.3, 0.4) is 0 Å². The molecule has 2 aromatic rings. The average molecular weight is 378 g/mol. The lowest BCUT2D eigenvalue weighted by Gasteiger charge is -2.21. The lowest BCUT2D eigenvalue weighted by molar-refractivity contribution is -0.121. The molecule has 6 nitrogen and oxygen atoms in total. The molecule has 26 heavy (non-hydrogen) atoms. The van der Waals surface area contributed by atoms with Crippen molar-refractivity contribution in [1.82, 2.24) is 10.5 Å². The van der Waals surface area contributed by atoms with Crippen LogP contribution in [0.1, 0.15) is 55.3 Å². The number of amides is 1. The minimum Gasteiger partial charge on any atom is -0.361 e. The van der Waals surface area contributed by atoms with Crippen molar-refractivity contribution >= 4 is 15.7 Å². The lowest BCUT2D eigenvalue weighted by atomic mass is 10.0. The Kier molecular flexibility index (Phi) is 6.58. The Bertz CT molecular complexity index is 824. The Morgan fingerprint density at radius 3 is 2.42 bits per heavy atom. The van der Waals surface area contributed by atoms with Crippen LogP contribution in [0.2, 0.25) is 0 Å². The Hall–Kier alpha value is -2.15. The van der Waals surface area contributed by atoms with Gasteiger partial charge in [0, 0.05) is 5.56 Å². The van der Waals surface area contributed by atoms with Crippen LogP contribution in [0.25, 0.3) is 0 Å². The fourth-order valence-electron chi connectivity index (χ4n) is 2.78. The zero-order valence-corrected chi connectivity index (χ0v) is 16.5. The minimum atomic E-state index is -3.68. The van der Waals surface area contributed by atoms with Crippen molar-refractivity contribution < 1.29 is 17.7 Å². The van der Waals surface area contributed by atoms with E-state index in [2.05, 4.69) is 10.5 Å². The van der Waals surface area contributed by atoms with Gasteiger partial charge in [-0.3, -0.25) is 4.79 Å². The maximum atomic E-state index is 12.7. The summed E-state index contributed by atoms with van der Waals surface area (Å²) in [7, 11) is -3.68. The molecule has 0 bridgehead atoms. The monoisotopic (exact) mass is 378 g/mol. The standard InChI is InChI=1S/C19H26N2O4S/c1-5-9-18(16-10-7-6-8-11-16)20-19(22)15(4)26(23,24)12-17-13(2)21-25-14(17)3/h6-8,10-11,15,18H,5,9,12H2,1-4H3,(H,20,22). The summed E-state index contributed by atoms with van der Waals surface area (Å²) < 4.78 is 30.4. The minimum absolute atomic E-state index is 0.203. The molecule has 2 atom stereocenters. The number of rotatable bonds is 8. The Balaban J connectivity index is 2.14. The molecule has 1 aromatic heterocycles. The van der Waals surface area contributed by atoms with Gasteiger partial charge in [-0.05, 0) is 32.8 Å². The van der Waals surface area contributed by atoms with Gasteiger partial charge in [-0.25, -0.2) is 8.42 Å². The zero-order valence-electron chi connectivity index (χ0n) is 15.7. The summed E-state index contributed by atoms with van der Waals surface area (Å²) in [5, 5.41) is 5.52. The second-order valence-electron chi connectivity index (χ2n) is 6.51. The highest BCUT2D eigenvalue weighted by molar-refractivity contribution is 7.92. The van der Waals surface area contributed by atoms with Crippen molar-refractivity contribution in [3.63, 3.8) is 0 Å². The number of aryl methyl sites for hydroxylation is 2. The quantitative estimate of drug-likeness (QED) is 0.761. The van der Waals surface area contributed by atoms with Crippen LogP contribution in [-0.2, 0) is 20.4 Å². The maximum Gasteiger partial charge on any atom is 0.238 e. The first kappa shape index (κ1) is 20.2. The normalized spacial score (nSPS) is 14.0. The molecule has 0 saturated heterocycles. The molecule has 1 heterocycles. The smallest absolute Gasteiger partial charge is 0.238 e. The van der Waals surface area contributed by atoms with Crippen molar-refractivity contribution in [2.24, 2.45) is 0 Å². The molecule has 142 valence electrons. The highest BCUT2D eigenvalue weighted by Gasteiger charge is 2.31. The van der Waals surface area contributed by atoms with Crippen LogP contribution in [0.5, 0.6) is 0 Å². The summed E-state index contributed by atoms with van der Waals surface area (Å²) in [5.41, 5.74) is 2.03. The molecule has 2 rings (SSSR count). The summed E-state index contributed by atoms with van der Waals surface area (Å²) in [4.78, 5) is 12.6. The number of nitrogens with one attached hydrogen (secondary N) is 1. The van der Waals surface area contributed by atoms with Gasteiger partial charge in [-0.15, -0.1) is 0 Å². The van der Waals surface area contributed by atoms with E-state index in [1.54, 1.807) is 13.8 Å². The van der Waals surface area contributed by atoms with E-state index in [1.807, 2.05) is 37.3 Å². The summed E-state index contributed by atoms with van der Waals surface area (Å²) in [6.07, 6.45) is 1.62. The van der Waals surface area contributed by atoms with Gasteiger partial charge in [0.15, 0.2) is 9.84 Å². The molecule has 0 aliphatic carbocycles. The van der Waals surface area contributed by atoms with Crippen LogP contribution in [0, 0.1) is 13.8 Å². The summed E-state index contributed by atoms with van der Waals surface area (Å²) in [6, 6.07) is 9.38. The van der Waals surface area contributed by atoms with Crippen molar-refractivity contribution in [2.75, 3.05) is 0 Å². The zero-order chi connectivity index (χ0) is 19.3. The first-order valence-electron chi connectivity index (χ1n) is 8.75. The first-order chi connectivity index (χ1) is 12.3. The van der Waals surface area contributed by atoms with Crippen LogP contribution in [0.15, 0.2) is 34.9 Å². The predicted octanol–water partition coefficient (Wildman–Crippen LogP) is 3.25. The van der Waals surface area contributed by atoms with Gasteiger partial charge >= 0.3 is 0 Å². The number of carbonyl (C=O) groups excluding carboxylic acids is 1. The molecule has 2 unspecified atom stereocenters. The van der Waals surface area contributed by atoms with Gasteiger partial charge in [0.2, 0.25) is 5.91 Å². The SMILES string of the molecule is CCCC(NC(=O)C(C)S(=O)(=O)Cc1c(C)noc1C)c1ccccc1. The van der Waals surface area contributed by atoms with Gasteiger partial charge in [0.05, 0.1) is 17.5 Å². The number of benzene rings is 1. The molecule has 0 saturated carbocycles. The van der Waals surface area contributed by atoms with Crippen LogP contribution >= 0.6 is 0 Å². The number of sulfone groups is 1. The van der Waals surface area contributed by atoms with Gasteiger partial charge in [-0.1, -0.05) is 48.8 Å². The highest BCUT2D eigenvalue weighted by atomic mass is 32.2. The van der Waals surface area contributed by atoms with Gasteiger partial charge in [0.25, 0.3) is 0 Å². The molecular formula is C19H26N2O4S. The number of nitrogens with zero attached hydrogens (tertiary/aromatic N) is 1. The van der Waals surface area contributed by atoms with E-state index in [4.69, 9.17) is 4.52 Å². The summed E-state index contributed by atoms with van der Waals surface area (Å²) >= 11 is 0. The molecule has 0 fully saturated rings. The third kappa shape index (κ3) is 4.72. The molecular weight excluding hydrogens is 352 g/mol. The Morgan fingerprint density at radius 2 is 1.88 bits per heavy atom. The van der Waals surface area contributed by atoms with E-state index in [0.717, 1.165) is 18.4 Å². The molecule has 0 spiro atoms. The molecule has 7 heteroatoms. The van der Waals surface area contributed by atoms with Gasteiger partial charge < -0.3 is 9.84 Å². The molecule has 1 amide bonds. The highest BCUT2D eigenvalue weighted by Crippen LogP contribution is 2.21. The van der Waals surface area contributed by atoms with E-state index >= 15 is 0 Å². The largest absolute Gasteiger partial charge is 0.361 e. The molecule has 0 radical (unpaired) electrons. The van der Waals surface area contributed by atoms with Gasteiger partial charge in [-0.2, -0.15) is 0 Å². The average Bonchev–Trinajstić information content (AvgIpc) is 2.93. The number of aromatic nitrogens is 1. The van der Waals surface area contributed by atoms with Crippen LogP contribution in [-0.4, -0.2) is 24.7 Å². The van der Waals surface area contributed by atoms with E-state index in [9.17, 15) is 13.2 Å². The van der Waals surface area contributed by atoms with Gasteiger partial charge in [0.1, 0.15) is 11.0 Å². The number of hydrogen-bond acceptors (Lipinski definition) is 5. The maximum absolute atomic E-state index is 12.7. The third-order valence-electron chi connectivity index (χ3n) is 4.53. The summed E-state index contributed by atoms with van der Waals surface area (Å²) in [5.74, 6) is -0.280. The van der Waals surface area contributed by atoms with E-state index in [-0.39, 0.29) is 11.8 Å². The Labute approximate surface area is 154 Å². The first-order valence-corrected chi connectivity index (χ1v) is 10.5. The molecule has 1 aromatic carbocycles. The van der Waals surface area contributed by atoms with E-state index < -0.39 is 21.0 Å². The van der Waals surface area contributed by atoms with Crippen molar-refractivity contribution in [3.8, 4) is 0 Å². The van der Waals surface area contributed by atoms with E-state index in [0.29, 0.717) is 17.0 Å². The molecule has 0 aliphatic heterocycles. The van der Waals surface area contributed by atoms with Crippen molar-refractivity contribution in [1.29, 1.82) is 0 Å². The predicted molar refractivity (Wildman–Crippen MR) is 100 cm³/mol. The van der Waals surface area contributed by atoms with Crippen molar-refractivity contribution in [2.45, 2.75) is 57.6 Å². The second kappa shape index (κ2) is 8.49. The number of carbonyl (C=O) groups is 1. The van der Waals surface area contributed by atoms with E-state index in [1.165, 1.54) is 6.92 Å². The number of hydrogen-bond donors (Lipinski definition) is 1. The topological polar surface area (TPSA) is 89.3 Å². The molecule has 0 aliphatic rings. The van der Waals surface area contributed by atoms with Crippen molar-refractivity contribution in [3.05, 3.63) is 52.9 Å². The Morgan fingerprint density at radius 1 is 1.23 bits per heavy atom. The third-order valence-corrected chi connectivity index (χ3v) is 6.51. The fourth-order valence-corrected chi connectivity index (χ4v) is 4.24. The summed E-state index contributed by atoms with van der Waals surface area (Å²) in [6.45, 7) is 6.82. The fraction of sp³-hybridized carbons (Fsp3) is 0.474. The lowest BCUT2D eigenvalue weighted by Crippen LogP contribution is -2.40. The van der Waals surface area contributed by atoms with Crippen LogP contribution in [0.4, 0.5) is 0 Å². The molecule has 1 N–H and O–H groups in total. The van der Waals surface area contributed by atoms with Crippen LogP contribution < -0.4 is 5.32 Å². The second-order valence-corrected chi connectivity index (χ2v) is 8.83.